The first-order valence-electron chi connectivity index (χ1n) is 3.98. The van der Waals surface area contributed by atoms with Crippen molar-refractivity contribution in [2.45, 2.75) is 19.6 Å². The fourth-order valence-corrected chi connectivity index (χ4v) is 1.27. The normalized spacial score (nSPS) is 12.1. The first-order valence-corrected chi connectivity index (χ1v) is 4.78. The summed E-state index contributed by atoms with van der Waals surface area (Å²) in [5, 5.41) is 8.50. The fourth-order valence-electron chi connectivity index (χ4n) is 0.867. The van der Waals surface area contributed by atoms with Gasteiger partial charge in [-0.25, -0.2) is 0 Å². The molecule has 0 amide bonds. The second-order valence-electron chi connectivity index (χ2n) is 2.67. The zero-order valence-electron chi connectivity index (χ0n) is 7.33. The number of nitrogens with zero attached hydrogens (tertiary/aromatic N) is 1. The number of hydrogen-bond acceptors (Lipinski definition) is 2. The van der Waals surface area contributed by atoms with Crippen molar-refractivity contribution in [3.05, 3.63) is 34.3 Å². The van der Waals surface area contributed by atoms with Gasteiger partial charge < -0.3 is 4.74 Å². The molecule has 3 heteroatoms. The van der Waals surface area contributed by atoms with Gasteiger partial charge in [0.1, 0.15) is 6.10 Å². The monoisotopic (exact) mass is 239 g/mol. The van der Waals surface area contributed by atoms with Gasteiger partial charge in [0.15, 0.2) is 0 Å². The van der Waals surface area contributed by atoms with Crippen molar-refractivity contribution < 1.29 is 4.74 Å². The van der Waals surface area contributed by atoms with E-state index < -0.39 is 0 Å². The molecule has 0 aliphatic carbocycles. The Hall–Kier alpha value is -0.850. The summed E-state index contributed by atoms with van der Waals surface area (Å²) in [6, 6.07) is 9.83. The van der Waals surface area contributed by atoms with Crippen LogP contribution in [0.25, 0.3) is 0 Å². The zero-order valence-corrected chi connectivity index (χ0v) is 8.91. The summed E-state index contributed by atoms with van der Waals surface area (Å²) in [5.41, 5.74) is 1.06. The molecule has 0 spiro atoms. The molecule has 0 bridgehead atoms. The molecular weight excluding hydrogens is 230 g/mol. The largest absolute Gasteiger partial charge is 0.359 e. The van der Waals surface area contributed by atoms with Crippen LogP contribution in [0.2, 0.25) is 0 Å². The van der Waals surface area contributed by atoms with Crippen LogP contribution in [0, 0.1) is 11.3 Å². The van der Waals surface area contributed by atoms with Gasteiger partial charge in [0.25, 0.3) is 0 Å². The van der Waals surface area contributed by atoms with Crippen molar-refractivity contribution in [2.75, 3.05) is 0 Å². The van der Waals surface area contributed by atoms with E-state index in [1.165, 1.54) is 0 Å². The first-order chi connectivity index (χ1) is 6.24. The third kappa shape index (κ3) is 3.17. The van der Waals surface area contributed by atoms with E-state index in [1.807, 2.05) is 30.3 Å². The van der Waals surface area contributed by atoms with Crippen LogP contribution in [-0.2, 0) is 11.3 Å². The van der Waals surface area contributed by atoms with Gasteiger partial charge in [-0.2, -0.15) is 5.26 Å². The predicted octanol–water partition coefficient (Wildman–Crippen LogP) is 2.88. The number of hydrogen-bond donors (Lipinski definition) is 0. The number of ether oxygens (including phenoxy) is 1. The van der Waals surface area contributed by atoms with Gasteiger partial charge in [-0.15, -0.1) is 0 Å². The Labute approximate surface area is 86.3 Å². The molecule has 0 fully saturated rings. The van der Waals surface area contributed by atoms with Gasteiger partial charge in [0, 0.05) is 4.47 Å². The molecular formula is C10H10BrNO. The van der Waals surface area contributed by atoms with Crippen molar-refractivity contribution in [2.24, 2.45) is 0 Å². The van der Waals surface area contributed by atoms with Crippen molar-refractivity contribution in [3.8, 4) is 6.07 Å². The molecule has 1 unspecified atom stereocenters. The molecule has 0 N–H and O–H groups in total. The minimum absolute atomic E-state index is 0.355. The highest BCUT2D eigenvalue weighted by molar-refractivity contribution is 9.10. The van der Waals surface area contributed by atoms with E-state index in [1.54, 1.807) is 6.92 Å². The molecule has 0 saturated carbocycles. The minimum atomic E-state index is -0.355. The third-order valence-electron chi connectivity index (χ3n) is 1.63. The van der Waals surface area contributed by atoms with E-state index in [4.69, 9.17) is 10.00 Å². The first kappa shape index (κ1) is 10.2. The van der Waals surface area contributed by atoms with Gasteiger partial charge >= 0.3 is 0 Å². The lowest BCUT2D eigenvalue weighted by Crippen LogP contribution is -2.04. The Morgan fingerprint density at radius 3 is 2.85 bits per heavy atom. The molecule has 0 radical (unpaired) electrons. The molecule has 0 aliphatic rings. The average Bonchev–Trinajstić information content (AvgIpc) is 2.16. The second-order valence-corrected chi connectivity index (χ2v) is 3.53. The molecule has 1 atom stereocenters. The second kappa shape index (κ2) is 5.00. The van der Waals surface area contributed by atoms with Crippen LogP contribution in [0.3, 0.4) is 0 Å². The van der Waals surface area contributed by atoms with E-state index in [-0.39, 0.29) is 6.10 Å². The van der Waals surface area contributed by atoms with Crippen molar-refractivity contribution >= 4 is 15.9 Å². The molecule has 1 aromatic rings. The molecule has 1 aromatic carbocycles. The molecule has 1 rings (SSSR count). The molecule has 13 heavy (non-hydrogen) atoms. The van der Waals surface area contributed by atoms with Gasteiger partial charge in [-0.3, -0.25) is 0 Å². The smallest absolute Gasteiger partial charge is 0.141 e. The van der Waals surface area contributed by atoms with Crippen LogP contribution in [0.15, 0.2) is 28.7 Å². The Balaban J connectivity index is 2.56. The lowest BCUT2D eigenvalue weighted by atomic mass is 10.2. The Morgan fingerprint density at radius 1 is 1.54 bits per heavy atom. The number of halogens is 1. The minimum Gasteiger partial charge on any atom is -0.359 e. The zero-order chi connectivity index (χ0) is 9.68. The van der Waals surface area contributed by atoms with Crippen LogP contribution in [-0.4, -0.2) is 6.10 Å². The van der Waals surface area contributed by atoms with Gasteiger partial charge in [0.2, 0.25) is 0 Å². The Bertz CT molecular complexity index is 319. The van der Waals surface area contributed by atoms with Crippen LogP contribution in [0.1, 0.15) is 12.5 Å². The molecule has 0 aromatic heterocycles. The summed E-state index contributed by atoms with van der Waals surface area (Å²) in [6.07, 6.45) is -0.355. The highest BCUT2D eigenvalue weighted by atomic mass is 79.9. The summed E-state index contributed by atoms with van der Waals surface area (Å²) in [4.78, 5) is 0. The maximum Gasteiger partial charge on any atom is 0.141 e. The van der Waals surface area contributed by atoms with E-state index in [0.717, 1.165) is 10.0 Å². The number of benzene rings is 1. The lowest BCUT2D eigenvalue weighted by Gasteiger charge is -2.06. The highest BCUT2D eigenvalue weighted by Crippen LogP contribution is 2.16. The summed E-state index contributed by atoms with van der Waals surface area (Å²) in [6.45, 7) is 2.20. The summed E-state index contributed by atoms with van der Waals surface area (Å²) in [5.74, 6) is 0. The quantitative estimate of drug-likeness (QED) is 0.813. The van der Waals surface area contributed by atoms with E-state index in [9.17, 15) is 0 Å². The SMILES string of the molecule is CC(C#N)OCc1ccccc1Br. The van der Waals surface area contributed by atoms with Crippen LogP contribution in [0.5, 0.6) is 0 Å². The number of nitriles is 1. The number of rotatable bonds is 3. The van der Waals surface area contributed by atoms with Gasteiger partial charge in [-0.05, 0) is 18.6 Å². The van der Waals surface area contributed by atoms with Crippen molar-refractivity contribution in [3.63, 3.8) is 0 Å². The molecule has 2 nitrogen and oxygen atoms in total. The summed E-state index contributed by atoms with van der Waals surface area (Å²) in [7, 11) is 0. The van der Waals surface area contributed by atoms with Gasteiger partial charge in [0.05, 0.1) is 12.7 Å². The Morgan fingerprint density at radius 2 is 2.23 bits per heavy atom. The molecule has 68 valence electrons. The van der Waals surface area contributed by atoms with Gasteiger partial charge in [-0.1, -0.05) is 34.1 Å². The van der Waals surface area contributed by atoms with Crippen molar-refractivity contribution in [1.29, 1.82) is 5.26 Å². The standard InChI is InChI=1S/C10H10BrNO/c1-8(6-12)13-7-9-4-2-3-5-10(9)11/h2-5,8H,7H2,1H3. The van der Waals surface area contributed by atoms with Crippen LogP contribution < -0.4 is 0 Å². The Kier molecular flexibility index (Phi) is 3.94. The third-order valence-corrected chi connectivity index (χ3v) is 2.40. The van der Waals surface area contributed by atoms with E-state index in [0.29, 0.717) is 6.61 Å². The van der Waals surface area contributed by atoms with Crippen molar-refractivity contribution in [1.82, 2.24) is 0 Å². The fraction of sp³-hybridized carbons (Fsp3) is 0.300. The summed E-state index contributed by atoms with van der Waals surface area (Å²) >= 11 is 3.41. The molecule has 0 heterocycles. The topological polar surface area (TPSA) is 33.0 Å². The maximum absolute atomic E-state index is 8.50. The summed E-state index contributed by atoms with van der Waals surface area (Å²) < 4.78 is 6.28. The maximum atomic E-state index is 8.50. The van der Waals surface area contributed by atoms with Crippen LogP contribution >= 0.6 is 15.9 Å². The predicted molar refractivity (Wildman–Crippen MR) is 54.0 cm³/mol. The van der Waals surface area contributed by atoms with Crippen LogP contribution in [0.4, 0.5) is 0 Å². The van der Waals surface area contributed by atoms with E-state index in [2.05, 4.69) is 15.9 Å². The average molecular weight is 240 g/mol. The molecule has 0 aliphatic heterocycles. The van der Waals surface area contributed by atoms with E-state index >= 15 is 0 Å². The molecule has 0 saturated heterocycles. The lowest BCUT2D eigenvalue weighted by molar-refractivity contribution is 0.0883. The highest BCUT2D eigenvalue weighted by Gasteiger charge is 2.02.